The standard InChI is InChI=1S/C28H31N3O4/c1-27(2,3)22-16-19(17-23(24(22)32)28(4,5)6)25(33)30-29-20-12-14-21(15-13-20)31-35-26(34)18-10-8-7-9-11-18/h7-17,31-32H,1-6H3. The smallest absolute Gasteiger partial charge is 0.362 e. The van der Waals surface area contributed by atoms with Gasteiger partial charge in [0.05, 0.1) is 16.9 Å². The highest BCUT2D eigenvalue weighted by Crippen LogP contribution is 2.40. The van der Waals surface area contributed by atoms with E-state index in [-0.39, 0.29) is 16.6 Å². The summed E-state index contributed by atoms with van der Waals surface area (Å²) in [6.07, 6.45) is 0. The fraction of sp³-hybridized carbons (Fsp3) is 0.286. The first-order valence-electron chi connectivity index (χ1n) is 11.3. The molecule has 0 aliphatic carbocycles. The Balaban J connectivity index is 1.73. The molecule has 0 radical (unpaired) electrons. The molecule has 3 aromatic rings. The van der Waals surface area contributed by atoms with E-state index in [1.54, 1.807) is 60.7 Å². The van der Waals surface area contributed by atoms with Crippen LogP contribution in [-0.2, 0) is 15.7 Å². The van der Waals surface area contributed by atoms with E-state index in [0.29, 0.717) is 33.6 Å². The van der Waals surface area contributed by atoms with Gasteiger partial charge in [0, 0.05) is 16.7 Å². The quantitative estimate of drug-likeness (QED) is 0.304. The van der Waals surface area contributed by atoms with Crippen molar-refractivity contribution in [2.45, 2.75) is 52.4 Å². The van der Waals surface area contributed by atoms with Gasteiger partial charge in [-0.15, -0.1) is 10.2 Å². The molecule has 0 aromatic heterocycles. The van der Waals surface area contributed by atoms with Crippen molar-refractivity contribution in [1.82, 2.24) is 0 Å². The number of carbonyl (C=O) groups excluding carboxylic acids is 2. The van der Waals surface area contributed by atoms with Crippen LogP contribution in [-0.4, -0.2) is 17.0 Å². The van der Waals surface area contributed by atoms with Gasteiger partial charge in [-0.2, -0.15) is 0 Å². The van der Waals surface area contributed by atoms with E-state index in [1.807, 2.05) is 47.6 Å². The first kappa shape index (κ1) is 25.6. The lowest BCUT2D eigenvalue weighted by Crippen LogP contribution is -2.18. The molecule has 35 heavy (non-hydrogen) atoms. The monoisotopic (exact) mass is 473 g/mol. The number of nitrogens with one attached hydrogen (secondary N) is 1. The molecular formula is C28H31N3O4. The second-order valence-corrected chi connectivity index (χ2v) is 10.3. The predicted molar refractivity (Wildman–Crippen MR) is 136 cm³/mol. The summed E-state index contributed by atoms with van der Waals surface area (Å²) in [5, 5.41) is 18.8. The Bertz CT molecular complexity index is 1200. The number of amides is 1. The van der Waals surface area contributed by atoms with Gasteiger partial charge >= 0.3 is 5.97 Å². The van der Waals surface area contributed by atoms with Crippen molar-refractivity contribution in [2.24, 2.45) is 10.2 Å². The van der Waals surface area contributed by atoms with E-state index in [0.717, 1.165) is 0 Å². The molecule has 0 saturated carbocycles. The fourth-order valence-corrected chi connectivity index (χ4v) is 3.40. The summed E-state index contributed by atoms with van der Waals surface area (Å²) in [5.74, 6) is -0.798. The van der Waals surface area contributed by atoms with Crippen LogP contribution in [0.25, 0.3) is 0 Å². The van der Waals surface area contributed by atoms with Crippen LogP contribution in [0.5, 0.6) is 5.75 Å². The summed E-state index contributed by atoms with van der Waals surface area (Å²) < 4.78 is 0. The molecule has 0 unspecified atom stereocenters. The van der Waals surface area contributed by atoms with Gasteiger partial charge in [-0.05, 0) is 59.4 Å². The maximum atomic E-state index is 12.9. The molecule has 0 fully saturated rings. The zero-order valence-corrected chi connectivity index (χ0v) is 20.9. The molecule has 0 atom stereocenters. The highest BCUT2D eigenvalue weighted by Gasteiger charge is 2.27. The van der Waals surface area contributed by atoms with Gasteiger partial charge in [0.1, 0.15) is 5.75 Å². The van der Waals surface area contributed by atoms with Gasteiger partial charge in [-0.25, -0.2) is 10.3 Å². The molecule has 0 spiro atoms. The van der Waals surface area contributed by atoms with Crippen LogP contribution in [0.1, 0.15) is 73.4 Å². The maximum Gasteiger partial charge on any atom is 0.362 e. The molecule has 7 heteroatoms. The van der Waals surface area contributed by atoms with Crippen LogP contribution in [0.15, 0.2) is 77.0 Å². The molecule has 0 saturated heterocycles. The minimum Gasteiger partial charge on any atom is -0.507 e. The molecule has 3 rings (SSSR count). The second-order valence-electron chi connectivity index (χ2n) is 10.3. The van der Waals surface area contributed by atoms with Crippen LogP contribution in [0.2, 0.25) is 0 Å². The first-order chi connectivity index (χ1) is 16.4. The largest absolute Gasteiger partial charge is 0.507 e. The van der Waals surface area contributed by atoms with Crippen LogP contribution >= 0.6 is 0 Å². The minimum atomic E-state index is -0.502. The number of hydrogen-bond donors (Lipinski definition) is 2. The van der Waals surface area contributed by atoms with E-state index in [1.165, 1.54) is 0 Å². The van der Waals surface area contributed by atoms with Gasteiger partial charge in [0.25, 0.3) is 5.91 Å². The lowest BCUT2D eigenvalue weighted by molar-refractivity contribution is 0.0596. The van der Waals surface area contributed by atoms with Crippen molar-refractivity contribution in [2.75, 3.05) is 5.48 Å². The van der Waals surface area contributed by atoms with Gasteiger partial charge < -0.3 is 9.94 Å². The maximum absolute atomic E-state index is 12.9. The number of rotatable bonds is 5. The molecule has 1 amide bonds. The second kappa shape index (κ2) is 10.1. The third-order valence-corrected chi connectivity index (χ3v) is 5.37. The molecule has 7 nitrogen and oxygen atoms in total. The SMILES string of the molecule is CC(C)(C)c1cc(C(=O)N=Nc2ccc(NOC(=O)c3ccccc3)cc2)cc(C(C)(C)C)c1O. The van der Waals surface area contributed by atoms with Crippen LogP contribution in [0, 0.1) is 0 Å². The van der Waals surface area contributed by atoms with E-state index >= 15 is 0 Å². The Morgan fingerprint density at radius 3 is 1.86 bits per heavy atom. The lowest BCUT2D eigenvalue weighted by Gasteiger charge is -2.27. The third-order valence-electron chi connectivity index (χ3n) is 5.37. The lowest BCUT2D eigenvalue weighted by atomic mass is 9.78. The molecule has 2 N–H and O–H groups in total. The average Bonchev–Trinajstić information content (AvgIpc) is 2.80. The number of azo groups is 1. The van der Waals surface area contributed by atoms with Crippen LogP contribution in [0.3, 0.4) is 0 Å². The Morgan fingerprint density at radius 1 is 0.800 bits per heavy atom. The summed E-state index contributed by atoms with van der Waals surface area (Å²) in [6.45, 7) is 11.9. The van der Waals surface area contributed by atoms with E-state index < -0.39 is 11.9 Å². The summed E-state index contributed by atoms with van der Waals surface area (Å²) >= 11 is 0. The number of aromatic hydroxyl groups is 1. The van der Waals surface area contributed by atoms with E-state index in [2.05, 4.69) is 15.7 Å². The van der Waals surface area contributed by atoms with Crippen molar-refractivity contribution >= 4 is 23.3 Å². The van der Waals surface area contributed by atoms with Gasteiger partial charge in [-0.1, -0.05) is 59.7 Å². The Morgan fingerprint density at radius 2 is 1.34 bits per heavy atom. The van der Waals surface area contributed by atoms with Crippen LogP contribution < -0.4 is 5.48 Å². The molecule has 3 aromatic carbocycles. The molecule has 0 aliphatic heterocycles. The summed E-state index contributed by atoms with van der Waals surface area (Å²) in [4.78, 5) is 30.0. The highest BCUT2D eigenvalue weighted by atomic mass is 16.7. The summed E-state index contributed by atoms with van der Waals surface area (Å²) in [5.41, 5.74) is 5.06. The fourth-order valence-electron chi connectivity index (χ4n) is 3.40. The molecule has 0 bridgehead atoms. The molecule has 182 valence electrons. The summed E-state index contributed by atoms with van der Waals surface area (Å²) in [6, 6.07) is 18.6. The Hall–Kier alpha value is -4.00. The number of nitrogens with zero attached hydrogens (tertiary/aromatic N) is 2. The van der Waals surface area contributed by atoms with Crippen molar-refractivity contribution in [3.63, 3.8) is 0 Å². The predicted octanol–water partition coefficient (Wildman–Crippen LogP) is 7.10. The molecular weight excluding hydrogens is 442 g/mol. The normalized spacial score (nSPS) is 11.9. The highest BCUT2D eigenvalue weighted by molar-refractivity contribution is 5.95. The first-order valence-corrected chi connectivity index (χ1v) is 11.3. The van der Waals surface area contributed by atoms with Gasteiger partial charge in [-0.3, -0.25) is 4.79 Å². The van der Waals surface area contributed by atoms with Gasteiger partial charge in [0.15, 0.2) is 0 Å². The van der Waals surface area contributed by atoms with E-state index in [9.17, 15) is 14.7 Å². The number of phenols is 1. The topological polar surface area (TPSA) is 100 Å². The van der Waals surface area contributed by atoms with Gasteiger partial charge in [0.2, 0.25) is 0 Å². The number of carbonyl (C=O) groups is 2. The Labute approximate surface area is 205 Å². The third kappa shape index (κ3) is 6.53. The molecule has 0 aliphatic rings. The minimum absolute atomic E-state index is 0.203. The van der Waals surface area contributed by atoms with Crippen LogP contribution in [0.4, 0.5) is 11.4 Å². The Kier molecular flexibility index (Phi) is 7.39. The molecule has 0 heterocycles. The van der Waals surface area contributed by atoms with Crippen molar-refractivity contribution < 1.29 is 19.5 Å². The number of hydrogen-bond acceptors (Lipinski definition) is 6. The van der Waals surface area contributed by atoms with Crippen molar-refractivity contribution in [1.29, 1.82) is 0 Å². The number of benzene rings is 3. The number of anilines is 1. The zero-order chi connectivity index (χ0) is 25.8. The summed E-state index contributed by atoms with van der Waals surface area (Å²) in [7, 11) is 0. The van der Waals surface area contributed by atoms with Crippen molar-refractivity contribution in [3.05, 3.63) is 89.0 Å². The van der Waals surface area contributed by atoms with E-state index in [4.69, 9.17) is 4.84 Å². The number of phenolic OH excluding ortho intramolecular Hbond substituents is 1. The van der Waals surface area contributed by atoms with Crippen molar-refractivity contribution in [3.8, 4) is 5.75 Å². The average molecular weight is 474 g/mol. The zero-order valence-electron chi connectivity index (χ0n) is 20.9.